The van der Waals surface area contributed by atoms with E-state index in [0.717, 1.165) is 30.7 Å². The van der Waals surface area contributed by atoms with Gasteiger partial charge in [-0.2, -0.15) is 0 Å². The quantitative estimate of drug-likeness (QED) is 0.863. The molecule has 1 aliphatic rings. The van der Waals surface area contributed by atoms with Crippen molar-refractivity contribution in [3.05, 3.63) is 11.6 Å². The molecule has 0 atom stereocenters. The lowest BCUT2D eigenvalue weighted by atomic mass is 9.93. The maximum absolute atomic E-state index is 12.2. The van der Waals surface area contributed by atoms with Gasteiger partial charge in [0.25, 0.3) is 0 Å². The first-order valence-electron chi connectivity index (χ1n) is 7.23. The molecule has 1 aliphatic heterocycles. The van der Waals surface area contributed by atoms with E-state index in [0.29, 0.717) is 6.54 Å². The van der Waals surface area contributed by atoms with Crippen LogP contribution in [-0.4, -0.2) is 56.1 Å². The Morgan fingerprint density at radius 1 is 1.55 bits per heavy atom. The van der Waals surface area contributed by atoms with Crippen LogP contribution in [0.15, 0.2) is 11.6 Å². The van der Waals surface area contributed by atoms with Gasteiger partial charge in [-0.25, -0.2) is 4.98 Å². The predicted octanol–water partition coefficient (Wildman–Crippen LogP) is 1.43. The normalized spacial score (nSPS) is 17.3. The molecule has 6 heteroatoms. The number of anilines is 1. The van der Waals surface area contributed by atoms with E-state index in [1.807, 2.05) is 12.4 Å². The summed E-state index contributed by atoms with van der Waals surface area (Å²) in [5, 5.41) is 5.88. The fraction of sp³-hybridized carbons (Fsp3) is 0.714. The van der Waals surface area contributed by atoms with Gasteiger partial charge in [-0.3, -0.25) is 14.6 Å². The van der Waals surface area contributed by atoms with Crippen LogP contribution >= 0.6 is 11.3 Å². The Morgan fingerprint density at radius 2 is 2.30 bits per heavy atom. The molecule has 0 bridgehead atoms. The van der Waals surface area contributed by atoms with E-state index in [4.69, 9.17) is 0 Å². The fourth-order valence-electron chi connectivity index (χ4n) is 2.57. The lowest BCUT2D eigenvalue weighted by Gasteiger charge is -2.32. The second-order valence-corrected chi connectivity index (χ2v) is 6.25. The summed E-state index contributed by atoms with van der Waals surface area (Å²) in [6, 6.07) is 0. The van der Waals surface area contributed by atoms with E-state index < -0.39 is 0 Å². The number of thiazole rings is 1. The van der Waals surface area contributed by atoms with Gasteiger partial charge in [-0.15, -0.1) is 11.3 Å². The number of carbonyl (C=O) groups is 1. The lowest BCUT2D eigenvalue weighted by Crippen LogP contribution is -2.42. The zero-order valence-electron chi connectivity index (χ0n) is 12.3. The number of amides is 1. The smallest absolute Gasteiger partial charge is 0.242 e. The Hall–Kier alpha value is -0.980. The molecule has 1 amide bonds. The lowest BCUT2D eigenvalue weighted by molar-refractivity contribution is -0.119. The Balaban J connectivity index is 1.73. The molecule has 0 spiro atoms. The molecule has 1 fully saturated rings. The number of nitrogens with zero attached hydrogens (tertiary/aromatic N) is 3. The number of rotatable bonds is 6. The van der Waals surface area contributed by atoms with E-state index in [1.165, 1.54) is 30.6 Å². The molecule has 1 N–H and O–H groups in total. The molecular formula is C14H24N4OS. The Bertz CT molecular complexity index is 401. The largest absolute Gasteiger partial charge is 0.320 e. The number of carbonyl (C=O) groups excluding carboxylic acids is 1. The third-order valence-corrected chi connectivity index (χ3v) is 4.80. The van der Waals surface area contributed by atoms with E-state index in [-0.39, 0.29) is 5.91 Å². The average Bonchev–Trinajstić information content (AvgIpc) is 3.00. The minimum absolute atomic E-state index is 0.133. The summed E-state index contributed by atoms with van der Waals surface area (Å²) in [7, 11) is 3.81. The highest BCUT2D eigenvalue weighted by atomic mass is 32.1. The van der Waals surface area contributed by atoms with Gasteiger partial charge in [0, 0.05) is 18.6 Å². The van der Waals surface area contributed by atoms with E-state index in [2.05, 4.69) is 15.2 Å². The minimum atomic E-state index is 0.133. The van der Waals surface area contributed by atoms with Gasteiger partial charge in [-0.1, -0.05) is 0 Å². The molecule has 2 rings (SSSR count). The zero-order valence-corrected chi connectivity index (χ0v) is 13.2. The van der Waals surface area contributed by atoms with Crippen LogP contribution in [0.4, 0.5) is 5.13 Å². The van der Waals surface area contributed by atoms with Gasteiger partial charge in [0.2, 0.25) is 5.91 Å². The summed E-state index contributed by atoms with van der Waals surface area (Å²) in [5.41, 5.74) is 0. The average molecular weight is 296 g/mol. The van der Waals surface area contributed by atoms with E-state index >= 15 is 0 Å². The first-order valence-corrected chi connectivity index (χ1v) is 8.11. The second kappa shape index (κ2) is 7.71. The Morgan fingerprint density at radius 3 is 2.90 bits per heavy atom. The van der Waals surface area contributed by atoms with Crippen molar-refractivity contribution in [1.82, 2.24) is 15.2 Å². The third-order valence-electron chi connectivity index (χ3n) is 3.95. The van der Waals surface area contributed by atoms with Crippen molar-refractivity contribution in [3.63, 3.8) is 0 Å². The van der Waals surface area contributed by atoms with Crippen molar-refractivity contribution in [2.24, 2.45) is 5.92 Å². The number of hydrogen-bond donors (Lipinski definition) is 1. The highest BCUT2D eigenvalue weighted by Crippen LogP contribution is 2.21. The monoisotopic (exact) mass is 296 g/mol. The highest BCUT2D eigenvalue weighted by molar-refractivity contribution is 7.13. The van der Waals surface area contributed by atoms with Crippen molar-refractivity contribution in [2.75, 3.05) is 45.2 Å². The standard InChI is InChI=1S/C14H24N4OS/c1-15-6-3-12-4-8-18(9-5-12)11-13(19)17(2)14-16-7-10-20-14/h7,10,12,15H,3-6,8-9,11H2,1-2H3. The molecule has 1 aromatic heterocycles. The second-order valence-electron chi connectivity index (χ2n) is 5.38. The first-order chi connectivity index (χ1) is 9.70. The molecule has 2 heterocycles. The molecule has 112 valence electrons. The van der Waals surface area contributed by atoms with Gasteiger partial charge < -0.3 is 5.32 Å². The molecule has 5 nitrogen and oxygen atoms in total. The fourth-order valence-corrected chi connectivity index (χ4v) is 3.19. The highest BCUT2D eigenvalue weighted by Gasteiger charge is 2.22. The Kier molecular flexibility index (Phi) is 5.94. The van der Waals surface area contributed by atoms with Crippen LogP contribution in [0.1, 0.15) is 19.3 Å². The predicted molar refractivity (Wildman–Crippen MR) is 83.2 cm³/mol. The molecule has 1 aromatic rings. The number of hydrogen-bond acceptors (Lipinski definition) is 5. The van der Waals surface area contributed by atoms with E-state index in [9.17, 15) is 4.79 Å². The maximum Gasteiger partial charge on any atom is 0.242 e. The number of likely N-dealkylation sites (N-methyl/N-ethyl adjacent to an activating group) is 1. The summed E-state index contributed by atoms with van der Waals surface area (Å²) >= 11 is 1.50. The summed E-state index contributed by atoms with van der Waals surface area (Å²) in [5.74, 6) is 0.944. The van der Waals surface area contributed by atoms with Crippen molar-refractivity contribution in [3.8, 4) is 0 Å². The van der Waals surface area contributed by atoms with Gasteiger partial charge in [0.05, 0.1) is 6.54 Å². The van der Waals surface area contributed by atoms with Crippen LogP contribution in [0.3, 0.4) is 0 Å². The van der Waals surface area contributed by atoms with Crippen LogP contribution in [0.25, 0.3) is 0 Å². The molecule has 0 aromatic carbocycles. The zero-order chi connectivity index (χ0) is 14.4. The molecule has 0 saturated carbocycles. The summed E-state index contributed by atoms with van der Waals surface area (Å²) in [6.07, 6.45) is 5.39. The van der Waals surface area contributed by atoms with Crippen molar-refractivity contribution in [1.29, 1.82) is 0 Å². The van der Waals surface area contributed by atoms with Gasteiger partial charge in [-0.05, 0) is 51.9 Å². The Labute approximate surface area is 125 Å². The molecule has 0 aliphatic carbocycles. The molecule has 0 unspecified atom stereocenters. The van der Waals surface area contributed by atoms with Crippen molar-refractivity contribution >= 4 is 22.4 Å². The minimum Gasteiger partial charge on any atom is -0.320 e. The third kappa shape index (κ3) is 4.26. The maximum atomic E-state index is 12.2. The molecular weight excluding hydrogens is 272 g/mol. The molecule has 1 saturated heterocycles. The van der Waals surface area contributed by atoms with Gasteiger partial charge in [0.15, 0.2) is 5.13 Å². The van der Waals surface area contributed by atoms with Crippen LogP contribution < -0.4 is 10.2 Å². The number of piperidine rings is 1. The SMILES string of the molecule is CNCCC1CCN(CC(=O)N(C)c2nccs2)CC1. The van der Waals surface area contributed by atoms with Crippen LogP contribution in [0.5, 0.6) is 0 Å². The van der Waals surface area contributed by atoms with Crippen molar-refractivity contribution < 1.29 is 4.79 Å². The van der Waals surface area contributed by atoms with Crippen LogP contribution in [-0.2, 0) is 4.79 Å². The van der Waals surface area contributed by atoms with E-state index in [1.54, 1.807) is 18.1 Å². The first kappa shape index (κ1) is 15.4. The number of aromatic nitrogens is 1. The number of likely N-dealkylation sites (tertiary alicyclic amines) is 1. The molecule has 0 radical (unpaired) electrons. The number of nitrogens with one attached hydrogen (secondary N) is 1. The van der Waals surface area contributed by atoms with Crippen molar-refractivity contribution in [2.45, 2.75) is 19.3 Å². The molecule has 20 heavy (non-hydrogen) atoms. The topological polar surface area (TPSA) is 48.5 Å². The summed E-state index contributed by atoms with van der Waals surface area (Å²) in [4.78, 5) is 20.3. The van der Waals surface area contributed by atoms with Gasteiger partial charge in [0.1, 0.15) is 0 Å². The van der Waals surface area contributed by atoms with Crippen LogP contribution in [0.2, 0.25) is 0 Å². The summed E-state index contributed by atoms with van der Waals surface area (Å²) < 4.78 is 0. The summed E-state index contributed by atoms with van der Waals surface area (Å²) in [6.45, 7) is 3.67. The van der Waals surface area contributed by atoms with Gasteiger partial charge >= 0.3 is 0 Å². The van der Waals surface area contributed by atoms with Crippen LogP contribution in [0, 0.1) is 5.92 Å².